The van der Waals surface area contributed by atoms with E-state index >= 15 is 0 Å². The summed E-state index contributed by atoms with van der Waals surface area (Å²) in [5, 5.41) is 11.1. The third-order valence-electron chi connectivity index (χ3n) is 10.2. The highest BCUT2D eigenvalue weighted by Gasteiger charge is 2.62. The fraction of sp³-hybridized carbons (Fsp3) is 0.541. The molecule has 1 aromatic heterocycles. The number of rotatable bonds is 14. The first-order chi connectivity index (χ1) is 25.1. The summed E-state index contributed by atoms with van der Waals surface area (Å²) in [6, 6.07) is 7.30. The molecule has 1 aromatic carbocycles. The van der Waals surface area contributed by atoms with Crippen LogP contribution in [-0.4, -0.2) is 92.1 Å². The number of benzene rings is 1. The van der Waals surface area contributed by atoms with E-state index in [0.29, 0.717) is 18.6 Å². The van der Waals surface area contributed by atoms with Gasteiger partial charge in [-0.1, -0.05) is 38.1 Å². The largest absolute Gasteiger partial charge is 0.497 e. The van der Waals surface area contributed by atoms with E-state index < -0.39 is 74.1 Å². The van der Waals surface area contributed by atoms with Gasteiger partial charge in [-0.15, -0.1) is 17.9 Å². The maximum atomic E-state index is 14.4. The number of thiophene rings is 1. The molecule has 6 rings (SSSR count). The molecule has 0 radical (unpaired) electrons. The second kappa shape index (κ2) is 15.1. The summed E-state index contributed by atoms with van der Waals surface area (Å²) < 4.78 is 38.4. The van der Waals surface area contributed by atoms with Crippen molar-refractivity contribution in [1.82, 2.24) is 20.3 Å². The first-order valence-corrected chi connectivity index (χ1v) is 20.3. The van der Waals surface area contributed by atoms with E-state index in [1.807, 2.05) is 35.7 Å². The Kier molecular flexibility index (Phi) is 10.9. The van der Waals surface area contributed by atoms with Gasteiger partial charge in [0, 0.05) is 28.3 Å². The van der Waals surface area contributed by atoms with E-state index in [4.69, 9.17) is 14.3 Å². The van der Waals surface area contributed by atoms with Crippen molar-refractivity contribution in [2.75, 3.05) is 13.7 Å². The quantitative estimate of drug-likeness (QED) is 0.145. The molecule has 14 nitrogen and oxygen atoms in total. The fourth-order valence-corrected chi connectivity index (χ4v) is 8.73. The second-order valence-corrected chi connectivity index (χ2v) is 18.1. The molecule has 1 aliphatic heterocycles. The van der Waals surface area contributed by atoms with E-state index in [1.165, 1.54) is 11.0 Å². The SMILES string of the molecule is C=C[C@@H]1C[C@@]1(NC(=O)[C@@H]1C[C@@H](O/N=C/c2cc(OC)ccc2-c2cccs2)CN1C(=O)[C@@H](NC(=O)OC1CCC1)C(C)(C)C)C(=O)NS(=O)(=O)C1CC1. The molecule has 16 heteroatoms. The standard InChI is InChI=1S/C37H47N5O9S2/c1-6-23-19-37(23,34(45)41-53(47,48)27-13-14-27)40-32(43)29-18-26(51-38-20-22-17-25(49-5)12-15-28(22)30-11-8-16-52-30)21-42(29)33(44)31(36(2,3)4)39-35(46)50-24-9-7-10-24/h6,8,11-12,15-17,20,23-24,26-27,29,31H,1,7,9-10,13-14,18-19,21H2,2-5H3,(H,39,46)(H,40,43)(H,41,45)/b38-20+/t23-,26-,29+,31-,37+/m1/s1. The average molecular weight is 770 g/mol. The van der Waals surface area contributed by atoms with Gasteiger partial charge < -0.3 is 29.8 Å². The third-order valence-corrected chi connectivity index (χ3v) is 13.0. The van der Waals surface area contributed by atoms with Crippen LogP contribution in [0.15, 0.2) is 53.5 Å². The van der Waals surface area contributed by atoms with Crippen LogP contribution in [0.25, 0.3) is 10.4 Å². The number of nitrogens with one attached hydrogen (secondary N) is 3. The van der Waals surface area contributed by atoms with E-state index in [1.54, 1.807) is 45.4 Å². The monoisotopic (exact) mass is 769 g/mol. The van der Waals surface area contributed by atoms with Gasteiger partial charge in [-0.2, -0.15) is 0 Å². The molecular formula is C37H47N5O9S2. The van der Waals surface area contributed by atoms with Crippen molar-refractivity contribution in [2.24, 2.45) is 16.5 Å². The van der Waals surface area contributed by atoms with Gasteiger partial charge in [0.2, 0.25) is 21.8 Å². The maximum Gasteiger partial charge on any atom is 0.408 e. The molecule has 4 fully saturated rings. The first kappa shape index (κ1) is 38.3. The highest BCUT2D eigenvalue weighted by Crippen LogP contribution is 2.45. The molecule has 3 N–H and O–H groups in total. The van der Waals surface area contributed by atoms with Gasteiger partial charge in [0.1, 0.15) is 35.6 Å². The Balaban J connectivity index is 1.24. The minimum atomic E-state index is -3.89. The highest BCUT2D eigenvalue weighted by atomic mass is 32.2. The van der Waals surface area contributed by atoms with Crippen molar-refractivity contribution in [3.8, 4) is 16.2 Å². The normalized spacial score (nSPS) is 24.8. The fourth-order valence-electron chi connectivity index (χ4n) is 6.60. The smallest absolute Gasteiger partial charge is 0.408 e. The minimum Gasteiger partial charge on any atom is -0.497 e. The Morgan fingerprint density at radius 1 is 1.11 bits per heavy atom. The lowest BCUT2D eigenvalue weighted by Crippen LogP contribution is -2.60. The molecule has 4 aliphatic rings. The van der Waals surface area contributed by atoms with Gasteiger partial charge in [-0.25, -0.2) is 13.2 Å². The summed E-state index contributed by atoms with van der Waals surface area (Å²) in [5.41, 5.74) is -0.700. The van der Waals surface area contributed by atoms with E-state index in [0.717, 1.165) is 35.3 Å². The lowest BCUT2D eigenvalue weighted by Gasteiger charge is -2.36. The first-order valence-electron chi connectivity index (χ1n) is 17.8. The molecule has 0 unspecified atom stereocenters. The van der Waals surface area contributed by atoms with E-state index in [-0.39, 0.29) is 25.5 Å². The number of alkyl carbamates (subject to hydrolysis) is 1. The minimum absolute atomic E-state index is 0.00498. The number of methoxy groups -OCH3 is 1. The molecule has 0 spiro atoms. The third kappa shape index (κ3) is 8.53. The summed E-state index contributed by atoms with van der Waals surface area (Å²) in [6.45, 7) is 9.08. The Morgan fingerprint density at radius 2 is 1.87 bits per heavy atom. The van der Waals surface area contributed by atoms with Crippen molar-refractivity contribution in [2.45, 2.75) is 101 Å². The molecule has 3 saturated carbocycles. The van der Waals surface area contributed by atoms with Crippen LogP contribution in [0, 0.1) is 11.3 Å². The van der Waals surface area contributed by atoms with Crippen LogP contribution in [0.4, 0.5) is 4.79 Å². The Hall–Kier alpha value is -4.44. The van der Waals surface area contributed by atoms with Crippen molar-refractivity contribution in [3.05, 3.63) is 53.9 Å². The second-order valence-electron chi connectivity index (χ2n) is 15.2. The van der Waals surface area contributed by atoms with Crippen LogP contribution in [-0.2, 0) is 34.0 Å². The highest BCUT2D eigenvalue weighted by molar-refractivity contribution is 7.91. The predicted octanol–water partition coefficient (Wildman–Crippen LogP) is 4.11. The molecule has 286 valence electrons. The summed E-state index contributed by atoms with van der Waals surface area (Å²) in [4.78, 5) is 63.2. The average Bonchev–Trinajstić information content (AvgIpc) is 3.96. The molecule has 2 heterocycles. The topological polar surface area (TPSA) is 182 Å². The molecular weight excluding hydrogens is 723 g/mol. The molecule has 4 amide bonds. The van der Waals surface area contributed by atoms with E-state index in [9.17, 15) is 27.6 Å². The molecule has 3 aliphatic carbocycles. The van der Waals surface area contributed by atoms with Crippen LogP contribution in [0.1, 0.15) is 71.3 Å². The predicted molar refractivity (Wildman–Crippen MR) is 199 cm³/mol. The van der Waals surface area contributed by atoms with Crippen molar-refractivity contribution in [1.29, 1.82) is 0 Å². The number of hydrogen-bond acceptors (Lipinski definition) is 11. The van der Waals surface area contributed by atoms with Crippen molar-refractivity contribution >= 4 is 51.4 Å². The summed E-state index contributed by atoms with van der Waals surface area (Å²) in [7, 11) is -2.33. The van der Waals surface area contributed by atoms with Crippen molar-refractivity contribution < 1.29 is 41.9 Å². The molecule has 1 saturated heterocycles. The molecule has 0 bridgehead atoms. The number of nitrogens with zero attached hydrogens (tertiary/aromatic N) is 2. The lowest BCUT2D eigenvalue weighted by molar-refractivity contribution is -0.143. The number of oxime groups is 1. The number of ether oxygens (including phenoxy) is 2. The molecule has 5 atom stereocenters. The van der Waals surface area contributed by atoms with Gasteiger partial charge in [0.05, 0.1) is 25.1 Å². The van der Waals surface area contributed by atoms with Gasteiger partial charge >= 0.3 is 6.09 Å². The number of amides is 4. The zero-order valence-electron chi connectivity index (χ0n) is 30.3. The summed E-state index contributed by atoms with van der Waals surface area (Å²) in [6.07, 6.45) is 4.89. The zero-order valence-corrected chi connectivity index (χ0v) is 32.0. The van der Waals surface area contributed by atoms with Crippen LogP contribution in [0.2, 0.25) is 0 Å². The van der Waals surface area contributed by atoms with Gasteiger partial charge in [-0.05, 0) is 73.6 Å². The van der Waals surface area contributed by atoms with Gasteiger partial charge in [0.25, 0.3) is 5.91 Å². The summed E-state index contributed by atoms with van der Waals surface area (Å²) in [5.74, 6) is -1.96. The van der Waals surface area contributed by atoms with Crippen LogP contribution < -0.4 is 20.1 Å². The maximum absolute atomic E-state index is 14.4. The molecule has 2 aromatic rings. The number of sulfonamides is 1. The van der Waals surface area contributed by atoms with Crippen LogP contribution in [0.3, 0.4) is 0 Å². The number of likely N-dealkylation sites (tertiary alicyclic amines) is 1. The zero-order chi connectivity index (χ0) is 38.1. The molecule has 53 heavy (non-hydrogen) atoms. The van der Waals surface area contributed by atoms with Crippen molar-refractivity contribution in [3.63, 3.8) is 0 Å². The number of carbonyl (C=O) groups is 4. The van der Waals surface area contributed by atoms with Gasteiger partial charge in [-0.3, -0.25) is 19.1 Å². The van der Waals surface area contributed by atoms with Crippen LogP contribution in [0.5, 0.6) is 5.75 Å². The lowest BCUT2D eigenvalue weighted by atomic mass is 9.85. The summed E-state index contributed by atoms with van der Waals surface area (Å²) >= 11 is 1.57. The van der Waals surface area contributed by atoms with Crippen LogP contribution >= 0.6 is 11.3 Å². The Labute approximate surface area is 313 Å². The number of carbonyl (C=O) groups excluding carboxylic acids is 4. The van der Waals surface area contributed by atoms with E-state index in [2.05, 4.69) is 27.1 Å². The van der Waals surface area contributed by atoms with Gasteiger partial charge in [0.15, 0.2) is 0 Å². The Morgan fingerprint density at radius 3 is 2.45 bits per heavy atom. The Bertz CT molecular complexity index is 1870. The number of hydrogen-bond donors (Lipinski definition) is 3.